The van der Waals surface area contributed by atoms with Gasteiger partial charge in [0, 0.05) is 25.7 Å². The lowest BCUT2D eigenvalue weighted by Gasteiger charge is -2.39. The molecule has 0 rings (SSSR count). The first-order valence-electron chi connectivity index (χ1n) is 11.3. The average molecular weight is 374 g/mol. The summed E-state index contributed by atoms with van der Waals surface area (Å²) >= 11 is 0. The van der Waals surface area contributed by atoms with Crippen molar-refractivity contribution in [3.63, 3.8) is 0 Å². The number of hydrogen-bond acceptors (Lipinski definition) is 4. The Hall–Kier alpha value is -0.160. The van der Waals surface area contributed by atoms with E-state index in [-0.39, 0.29) is 0 Å². The van der Waals surface area contributed by atoms with Gasteiger partial charge in [-0.1, -0.05) is 64.7 Å². The fourth-order valence-electron chi connectivity index (χ4n) is 3.64. The Morgan fingerprint density at radius 2 is 1.04 bits per heavy atom. The van der Waals surface area contributed by atoms with E-state index in [1.807, 2.05) is 20.8 Å². The molecule has 0 fully saturated rings. The van der Waals surface area contributed by atoms with Gasteiger partial charge in [-0.15, -0.1) is 0 Å². The number of unbranched alkanes of at least 4 members (excludes halogenated alkanes) is 8. The first-order chi connectivity index (χ1) is 12.7. The molecule has 0 spiro atoms. The lowest BCUT2D eigenvalue weighted by atomic mass is 9.91. The van der Waals surface area contributed by atoms with Crippen molar-refractivity contribution in [2.45, 2.75) is 111 Å². The monoisotopic (exact) mass is 373 g/mol. The zero-order chi connectivity index (χ0) is 19.5. The molecule has 0 aliphatic rings. The van der Waals surface area contributed by atoms with Gasteiger partial charge in [-0.2, -0.15) is 0 Å². The Morgan fingerprint density at radius 1 is 0.615 bits per heavy atom. The lowest BCUT2D eigenvalue weighted by molar-refractivity contribution is -0.403. The van der Waals surface area contributed by atoms with Gasteiger partial charge in [0.15, 0.2) is 0 Å². The van der Waals surface area contributed by atoms with E-state index in [2.05, 4.69) is 6.92 Å². The van der Waals surface area contributed by atoms with Crippen molar-refractivity contribution < 1.29 is 14.2 Å². The summed E-state index contributed by atoms with van der Waals surface area (Å²) in [6.45, 7) is 11.0. The quantitative estimate of drug-likeness (QED) is 0.209. The van der Waals surface area contributed by atoms with Crippen LogP contribution in [0.2, 0.25) is 0 Å². The molecule has 1 atom stereocenters. The minimum atomic E-state index is -0.866. The summed E-state index contributed by atoms with van der Waals surface area (Å²) in [4.78, 5) is 0. The number of ether oxygens (including phenoxy) is 3. The minimum Gasteiger partial charge on any atom is -0.330 e. The van der Waals surface area contributed by atoms with E-state index < -0.39 is 5.97 Å². The van der Waals surface area contributed by atoms with Crippen LogP contribution in [0.4, 0.5) is 0 Å². The van der Waals surface area contributed by atoms with Gasteiger partial charge in [-0.05, 0) is 46.6 Å². The normalized spacial score (nSPS) is 13.3. The molecule has 0 aromatic carbocycles. The van der Waals surface area contributed by atoms with E-state index in [9.17, 15) is 0 Å². The molecule has 0 radical (unpaired) electrons. The highest BCUT2D eigenvalue weighted by molar-refractivity contribution is 4.73. The SMILES string of the molecule is CCCCCCCCC(CCCCCCN)C(OCC)(OCC)OCC. The van der Waals surface area contributed by atoms with Gasteiger partial charge < -0.3 is 19.9 Å². The van der Waals surface area contributed by atoms with Crippen LogP contribution in [0.5, 0.6) is 0 Å². The summed E-state index contributed by atoms with van der Waals surface area (Å²) in [6.07, 6.45) is 14.8. The summed E-state index contributed by atoms with van der Waals surface area (Å²) in [6, 6.07) is 0. The highest BCUT2D eigenvalue weighted by atomic mass is 16.9. The average Bonchev–Trinajstić information content (AvgIpc) is 2.63. The zero-order valence-corrected chi connectivity index (χ0v) is 18.2. The Bertz CT molecular complexity index is 270. The molecule has 2 N–H and O–H groups in total. The largest absolute Gasteiger partial charge is 0.330 e. The van der Waals surface area contributed by atoms with Gasteiger partial charge in [0.25, 0.3) is 5.97 Å². The standard InChI is InChI=1S/C22H47NO3/c1-5-9-10-11-12-15-18-21(19-16-13-14-17-20-23)22(24-6-2,25-7-3)26-8-4/h21H,5-20,23H2,1-4H3. The van der Waals surface area contributed by atoms with Gasteiger partial charge in [0.1, 0.15) is 0 Å². The van der Waals surface area contributed by atoms with E-state index in [0.29, 0.717) is 25.7 Å². The summed E-state index contributed by atoms with van der Waals surface area (Å²) in [5.74, 6) is -0.568. The molecule has 26 heavy (non-hydrogen) atoms. The molecular formula is C22H47NO3. The second-order valence-electron chi connectivity index (χ2n) is 7.15. The highest BCUT2D eigenvalue weighted by Crippen LogP contribution is 2.34. The van der Waals surface area contributed by atoms with Crippen molar-refractivity contribution in [3.8, 4) is 0 Å². The summed E-state index contributed by atoms with van der Waals surface area (Å²) < 4.78 is 18.2. The number of hydrogen-bond donors (Lipinski definition) is 1. The van der Waals surface area contributed by atoms with E-state index in [0.717, 1.165) is 25.8 Å². The van der Waals surface area contributed by atoms with Crippen LogP contribution in [0, 0.1) is 5.92 Å². The molecule has 0 aliphatic heterocycles. The van der Waals surface area contributed by atoms with Crippen molar-refractivity contribution in [2.75, 3.05) is 26.4 Å². The summed E-state index contributed by atoms with van der Waals surface area (Å²) in [7, 11) is 0. The first-order valence-corrected chi connectivity index (χ1v) is 11.3. The third kappa shape index (κ3) is 11.5. The van der Waals surface area contributed by atoms with Crippen molar-refractivity contribution in [2.24, 2.45) is 11.7 Å². The van der Waals surface area contributed by atoms with Crippen LogP contribution in [-0.2, 0) is 14.2 Å². The molecule has 0 aliphatic carbocycles. The maximum Gasteiger partial charge on any atom is 0.285 e. The van der Waals surface area contributed by atoms with Crippen LogP contribution in [0.25, 0.3) is 0 Å². The number of nitrogens with two attached hydrogens (primary N) is 1. The Morgan fingerprint density at radius 3 is 1.46 bits per heavy atom. The zero-order valence-electron chi connectivity index (χ0n) is 18.2. The molecule has 0 aromatic heterocycles. The molecule has 0 heterocycles. The molecule has 0 bridgehead atoms. The maximum atomic E-state index is 6.08. The number of rotatable bonds is 20. The van der Waals surface area contributed by atoms with Crippen molar-refractivity contribution >= 4 is 0 Å². The smallest absolute Gasteiger partial charge is 0.285 e. The van der Waals surface area contributed by atoms with Crippen LogP contribution in [0.15, 0.2) is 0 Å². The molecule has 4 heteroatoms. The maximum absolute atomic E-state index is 6.08. The summed E-state index contributed by atoms with van der Waals surface area (Å²) in [5.41, 5.74) is 5.61. The molecule has 0 saturated carbocycles. The third-order valence-corrected chi connectivity index (χ3v) is 4.95. The highest BCUT2D eigenvalue weighted by Gasteiger charge is 2.41. The van der Waals surface area contributed by atoms with Gasteiger partial charge >= 0.3 is 0 Å². The first kappa shape index (κ1) is 25.8. The molecule has 4 nitrogen and oxygen atoms in total. The van der Waals surface area contributed by atoms with Crippen molar-refractivity contribution in [1.82, 2.24) is 0 Å². The predicted molar refractivity (Wildman–Crippen MR) is 111 cm³/mol. The Labute approximate surface area is 163 Å². The van der Waals surface area contributed by atoms with E-state index >= 15 is 0 Å². The minimum absolute atomic E-state index is 0.298. The van der Waals surface area contributed by atoms with Crippen molar-refractivity contribution in [1.29, 1.82) is 0 Å². The Balaban J connectivity index is 4.74. The molecule has 0 amide bonds. The van der Waals surface area contributed by atoms with Crippen molar-refractivity contribution in [3.05, 3.63) is 0 Å². The fraction of sp³-hybridized carbons (Fsp3) is 1.00. The molecule has 0 aromatic rings. The Kier molecular flexibility index (Phi) is 18.1. The molecule has 158 valence electrons. The molecule has 0 saturated heterocycles. The fourth-order valence-corrected chi connectivity index (χ4v) is 3.64. The van der Waals surface area contributed by atoms with E-state index in [1.165, 1.54) is 57.8 Å². The van der Waals surface area contributed by atoms with Crippen LogP contribution >= 0.6 is 0 Å². The van der Waals surface area contributed by atoms with Crippen LogP contribution in [-0.4, -0.2) is 32.3 Å². The van der Waals surface area contributed by atoms with Gasteiger partial charge in [0.05, 0.1) is 0 Å². The second kappa shape index (κ2) is 18.2. The second-order valence-corrected chi connectivity index (χ2v) is 7.15. The van der Waals surface area contributed by atoms with E-state index in [1.54, 1.807) is 0 Å². The molecule has 1 unspecified atom stereocenters. The predicted octanol–water partition coefficient (Wildman–Crippen LogP) is 6.03. The van der Waals surface area contributed by atoms with Crippen LogP contribution in [0.3, 0.4) is 0 Å². The van der Waals surface area contributed by atoms with Gasteiger partial charge in [0.2, 0.25) is 0 Å². The van der Waals surface area contributed by atoms with Crippen LogP contribution < -0.4 is 5.73 Å². The van der Waals surface area contributed by atoms with E-state index in [4.69, 9.17) is 19.9 Å². The molecular weight excluding hydrogens is 326 g/mol. The topological polar surface area (TPSA) is 53.7 Å². The summed E-state index contributed by atoms with van der Waals surface area (Å²) in [5, 5.41) is 0. The lowest BCUT2D eigenvalue weighted by Crippen LogP contribution is -2.46. The van der Waals surface area contributed by atoms with Crippen LogP contribution in [0.1, 0.15) is 105 Å². The van der Waals surface area contributed by atoms with Gasteiger partial charge in [-0.25, -0.2) is 0 Å². The third-order valence-electron chi connectivity index (χ3n) is 4.95. The van der Waals surface area contributed by atoms with Gasteiger partial charge in [-0.3, -0.25) is 0 Å².